The van der Waals surface area contributed by atoms with Crippen molar-refractivity contribution < 1.29 is 18.8 Å². The van der Waals surface area contributed by atoms with Gasteiger partial charge in [0.1, 0.15) is 6.61 Å². The maximum Gasteiger partial charge on any atom is 0.254 e. The van der Waals surface area contributed by atoms with Crippen molar-refractivity contribution in [3.63, 3.8) is 0 Å². The van der Waals surface area contributed by atoms with Crippen molar-refractivity contribution in [2.75, 3.05) is 39.9 Å². The highest BCUT2D eigenvalue weighted by Gasteiger charge is 2.28. The van der Waals surface area contributed by atoms with Gasteiger partial charge in [0.25, 0.3) is 5.91 Å². The van der Waals surface area contributed by atoms with E-state index in [1.807, 2.05) is 36.1 Å². The van der Waals surface area contributed by atoms with E-state index in [-0.39, 0.29) is 11.9 Å². The van der Waals surface area contributed by atoms with E-state index in [0.29, 0.717) is 61.6 Å². The summed E-state index contributed by atoms with van der Waals surface area (Å²) in [5.74, 6) is 2.25. The van der Waals surface area contributed by atoms with Gasteiger partial charge < -0.3 is 18.9 Å². The zero-order valence-electron chi connectivity index (χ0n) is 19.9. The molecule has 1 atom stereocenters. The minimum Gasteiger partial charge on any atom is -0.493 e. The second-order valence-corrected chi connectivity index (χ2v) is 8.29. The molecule has 178 valence electrons. The van der Waals surface area contributed by atoms with Crippen LogP contribution in [0.5, 0.6) is 11.5 Å². The predicted molar refractivity (Wildman–Crippen MR) is 129 cm³/mol. The topological polar surface area (TPSA) is 80.9 Å². The fraction of sp³-hybridized carbons (Fsp3) is 0.346. The molecule has 3 aromatic rings. The molecule has 1 fully saturated rings. The third kappa shape index (κ3) is 5.12. The summed E-state index contributed by atoms with van der Waals surface area (Å²) in [5.41, 5.74) is 2.69. The zero-order valence-corrected chi connectivity index (χ0v) is 19.9. The van der Waals surface area contributed by atoms with Crippen LogP contribution >= 0.6 is 0 Å². The van der Waals surface area contributed by atoms with E-state index in [1.165, 1.54) is 5.56 Å². The molecule has 0 spiro atoms. The number of hydrogen-bond donors (Lipinski definition) is 0. The molecule has 34 heavy (non-hydrogen) atoms. The van der Waals surface area contributed by atoms with Gasteiger partial charge in [-0.05, 0) is 32.0 Å². The van der Waals surface area contributed by atoms with Crippen LogP contribution in [0.1, 0.15) is 34.8 Å². The molecular formula is C26H30N4O4. The molecule has 0 saturated carbocycles. The smallest absolute Gasteiger partial charge is 0.254 e. The number of aromatic nitrogens is 2. The summed E-state index contributed by atoms with van der Waals surface area (Å²) >= 11 is 0. The first-order valence-corrected chi connectivity index (χ1v) is 11.4. The summed E-state index contributed by atoms with van der Waals surface area (Å²) in [5, 5.41) is 4.15. The van der Waals surface area contributed by atoms with E-state index < -0.39 is 0 Å². The highest BCUT2D eigenvalue weighted by Crippen LogP contribution is 2.29. The number of benzene rings is 2. The summed E-state index contributed by atoms with van der Waals surface area (Å²) in [6.07, 6.45) is 1.66. The van der Waals surface area contributed by atoms with E-state index >= 15 is 0 Å². The number of carbonyl (C=O) groups is 1. The molecule has 4 rings (SSSR count). The SMILES string of the molecule is C=CCOc1ccc(C(=O)N2CCN(C(C)c3nc(-c4ccc(C)cc4)no3)CC2)cc1OC. The van der Waals surface area contributed by atoms with Gasteiger partial charge in [0.05, 0.1) is 13.2 Å². The fourth-order valence-electron chi connectivity index (χ4n) is 3.94. The molecule has 0 bridgehead atoms. The van der Waals surface area contributed by atoms with E-state index in [0.717, 1.165) is 5.56 Å². The predicted octanol–water partition coefficient (Wildman–Crippen LogP) is 4.14. The summed E-state index contributed by atoms with van der Waals surface area (Å²) in [7, 11) is 1.56. The minimum atomic E-state index is -0.0367. The van der Waals surface area contributed by atoms with Gasteiger partial charge in [-0.15, -0.1) is 0 Å². The molecule has 2 aromatic carbocycles. The van der Waals surface area contributed by atoms with E-state index in [9.17, 15) is 4.79 Å². The molecule has 0 radical (unpaired) electrons. The van der Waals surface area contributed by atoms with E-state index in [1.54, 1.807) is 31.4 Å². The molecule has 1 aliphatic rings. The standard InChI is InChI=1S/C26H30N4O4/c1-5-16-33-22-11-10-21(17-23(22)32-4)26(31)30-14-12-29(13-15-30)19(3)25-27-24(28-34-25)20-8-6-18(2)7-9-20/h5-11,17,19H,1,12-16H2,2-4H3. The minimum absolute atomic E-state index is 0.0275. The quantitative estimate of drug-likeness (QED) is 0.466. The lowest BCUT2D eigenvalue weighted by Crippen LogP contribution is -2.49. The van der Waals surface area contributed by atoms with Crippen molar-refractivity contribution in [2.24, 2.45) is 0 Å². The normalized spacial score (nSPS) is 15.1. The van der Waals surface area contributed by atoms with Gasteiger partial charge in [-0.1, -0.05) is 47.6 Å². The Kier molecular flexibility index (Phi) is 7.27. The number of aryl methyl sites for hydroxylation is 1. The maximum atomic E-state index is 13.1. The first kappa shape index (κ1) is 23.5. The first-order chi connectivity index (χ1) is 16.5. The molecule has 1 aromatic heterocycles. The van der Waals surface area contributed by atoms with Crippen molar-refractivity contribution in [3.8, 4) is 22.9 Å². The van der Waals surface area contributed by atoms with Crippen LogP contribution in [0.25, 0.3) is 11.4 Å². The van der Waals surface area contributed by atoms with Gasteiger partial charge >= 0.3 is 0 Å². The van der Waals surface area contributed by atoms with Crippen molar-refractivity contribution in [3.05, 3.63) is 72.1 Å². The summed E-state index contributed by atoms with van der Waals surface area (Å²) in [4.78, 5) is 21.8. The molecule has 1 unspecified atom stereocenters. The van der Waals surface area contributed by atoms with Crippen molar-refractivity contribution in [1.29, 1.82) is 0 Å². The average molecular weight is 463 g/mol. The maximum absolute atomic E-state index is 13.1. The highest BCUT2D eigenvalue weighted by atomic mass is 16.5. The lowest BCUT2D eigenvalue weighted by Gasteiger charge is -2.36. The van der Waals surface area contributed by atoms with Gasteiger partial charge in [-0.3, -0.25) is 9.69 Å². The lowest BCUT2D eigenvalue weighted by atomic mass is 10.1. The number of amides is 1. The third-order valence-electron chi connectivity index (χ3n) is 6.03. The zero-order chi connectivity index (χ0) is 24.1. The Morgan fingerprint density at radius 1 is 1.15 bits per heavy atom. The number of nitrogens with zero attached hydrogens (tertiary/aromatic N) is 4. The van der Waals surface area contributed by atoms with Crippen LogP contribution in [0.4, 0.5) is 0 Å². The van der Waals surface area contributed by atoms with Gasteiger partial charge in [-0.2, -0.15) is 4.98 Å². The number of hydrogen-bond acceptors (Lipinski definition) is 7. The van der Waals surface area contributed by atoms with E-state index in [2.05, 4.69) is 28.5 Å². The summed E-state index contributed by atoms with van der Waals surface area (Å²) in [6, 6.07) is 13.3. The van der Waals surface area contributed by atoms with Crippen LogP contribution in [0.3, 0.4) is 0 Å². The molecule has 1 amide bonds. The third-order valence-corrected chi connectivity index (χ3v) is 6.03. The van der Waals surface area contributed by atoms with Crippen LogP contribution in [-0.2, 0) is 0 Å². The van der Waals surface area contributed by atoms with Crippen LogP contribution in [0, 0.1) is 6.92 Å². The largest absolute Gasteiger partial charge is 0.493 e. The second-order valence-electron chi connectivity index (χ2n) is 8.29. The Balaban J connectivity index is 1.37. The lowest BCUT2D eigenvalue weighted by molar-refractivity contribution is 0.0551. The molecule has 1 saturated heterocycles. The van der Waals surface area contributed by atoms with Gasteiger partial charge in [0.2, 0.25) is 11.7 Å². The van der Waals surface area contributed by atoms with Crippen molar-refractivity contribution in [1.82, 2.24) is 19.9 Å². The number of piperazine rings is 1. The number of methoxy groups -OCH3 is 1. The molecule has 2 heterocycles. The Bertz CT molecular complexity index is 1130. The number of rotatable bonds is 8. The Hall–Kier alpha value is -3.65. The Morgan fingerprint density at radius 3 is 2.56 bits per heavy atom. The van der Waals surface area contributed by atoms with E-state index in [4.69, 9.17) is 14.0 Å². The van der Waals surface area contributed by atoms with Crippen LogP contribution in [0.15, 0.2) is 59.6 Å². The molecular weight excluding hydrogens is 432 g/mol. The average Bonchev–Trinajstić information content (AvgIpc) is 3.37. The van der Waals surface area contributed by atoms with Gasteiger partial charge in [-0.25, -0.2) is 0 Å². The van der Waals surface area contributed by atoms with Gasteiger partial charge in [0, 0.05) is 37.3 Å². The van der Waals surface area contributed by atoms with Crippen molar-refractivity contribution in [2.45, 2.75) is 19.9 Å². The summed E-state index contributed by atoms with van der Waals surface area (Å²) in [6.45, 7) is 10.8. The number of carbonyl (C=O) groups excluding carboxylic acids is 1. The molecule has 0 aliphatic carbocycles. The molecule has 1 aliphatic heterocycles. The van der Waals surface area contributed by atoms with Crippen molar-refractivity contribution >= 4 is 5.91 Å². The summed E-state index contributed by atoms with van der Waals surface area (Å²) < 4.78 is 16.5. The molecule has 0 N–H and O–H groups in total. The fourth-order valence-corrected chi connectivity index (χ4v) is 3.94. The number of ether oxygens (including phenoxy) is 2. The Morgan fingerprint density at radius 2 is 1.88 bits per heavy atom. The monoisotopic (exact) mass is 462 g/mol. The second kappa shape index (κ2) is 10.5. The molecule has 8 heteroatoms. The molecule has 8 nitrogen and oxygen atoms in total. The van der Waals surface area contributed by atoms with Crippen LogP contribution in [0.2, 0.25) is 0 Å². The first-order valence-electron chi connectivity index (χ1n) is 11.4. The van der Waals surface area contributed by atoms with Crippen LogP contribution in [-0.4, -0.2) is 65.7 Å². The van der Waals surface area contributed by atoms with Gasteiger partial charge in [0.15, 0.2) is 11.5 Å². The highest BCUT2D eigenvalue weighted by molar-refractivity contribution is 5.95. The Labute approximate surface area is 199 Å². The van der Waals surface area contributed by atoms with Crippen LogP contribution < -0.4 is 9.47 Å².